The van der Waals surface area contributed by atoms with Crippen molar-refractivity contribution in [2.24, 2.45) is 0 Å². The summed E-state index contributed by atoms with van der Waals surface area (Å²) in [7, 11) is -1.17. The Morgan fingerprint density at radius 3 is 2.96 bits per heavy atom. The van der Waals surface area contributed by atoms with Gasteiger partial charge >= 0.3 is 0 Å². The number of aromatic amines is 1. The Bertz CT molecular complexity index is 959. The highest BCUT2D eigenvalue weighted by Gasteiger charge is 2.09. The molecular weight excluding hydrogens is 312 g/mol. The first-order valence-electron chi connectivity index (χ1n) is 7.13. The zero-order valence-electron chi connectivity index (χ0n) is 12.2. The van der Waals surface area contributed by atoms with Crippen molar-refractivity contribution in [3.05, 3.63) is 60.6 Å². The van der Waals surface area contributed by atoms with E-state index in [2.05, 4.69) is 15.0 Å². The fraction of sp³-hybridized carbons (Fsp3) is 0.125. The minimum atomic E-state index is -1.17. The van der Waals surface area contributed by atoms with E-state index in [1.807, 2.05) is 53.1 Å². The topological polar surface area (TPSA) is 72.3 Å². The molecule has 6 nitrogen and oxygen atoms in total. The summed E-state index contributed by atoms with van der Waals surface area (Å²) in [6.07, 6.45) is 3.66. The first-order valence-corrected chi connectivity index (χ1v) is 8.62. The molecule has 7 heteroatoms. The SMILES string of the molecule is O=S(COc1nc2ccccc2[nH]1)Cc1cnc2ccccn12. The molecule has 0 saturated carbocycles. The molecule has 0 bridgehead atoms. The van der Waals surface area contributed by atoms with Gasteiger partial charge in [-0.05, 0) is 24.3 Å². The van der Waals surface area contributed by atoms with E-state index in [1.165, 1.54) is 0 Å². The lowest BCUT2D eigenvalue weighted by molar-refractivity contribution is 0.359. The molecule has 1 unspecified atom stereocenters. The number of para-hydroxylation sites is 2. The maximum atomic E-state index is 12.2. The number of nitrogens with one attached hydrogen (secondary N) is 1. The van der Waals surface area contributed by atoms with Gasteiger partial charge in [-0.1, -0.05) is 18.2 Å². The smallest absolute Gasteiger partial charge is 0.295 e. The molecular formula is C16H14N4O2S. The van der Waals surface area contributed by atoms with Gasteiger partial charge in [-0.2, -0.15) is 4.98 Å². The molecule has 4 rings (SSSR count). The molecule has 4 aromatic rings. The first kappa shape index (κ1) is 14.0. The lowest BCUT2D eigenvalue weighted by Crippen LogP contribution is -2.09. The highest BCUT2D eigenvalue weighted by molar-refractivity contribution is 7.84. The average Bonchev–Trinajstić information content (AvgIpc) is 3.17. The minimum Gasteiger partial charge on any atom is -0.451 e. The predicted octanol–water partition coefficient (Wildman–Crippen LogP) is 2.50. The zero-order valence-corrected chi connectivity index (χ0v) is 13.0. The number of fused-ring (bicyclic) bond motifs is 2. The number of pyridine rings is 1. The van der Waals surface area contributed by atoms with Crippen molar-refractivity contribution in [1.29, 1.82) is 0 Å². The van der Waals surface area contributed by atoms with Crippen LogP contribution in [0.25, 0.3) is 16.7 Å². The Morgan fingerprint density at radius 1 is 1.17 bits per heavy atom. The maximum absolute atomic E-state index is 12.2. The van der Waals surface area contributed by atoms with Crippen LogP contribution in [0.3, 0.4) is 0 Å². The molecule has 116 valence electrons. The van der Waals surface area contributed by atoms with E-state index >= 15 is 0 Å². The van der Waals surface area contributed by atoms with Crippen molar-refractivity contribution in [3.8, 4) is 6.01 Å². The Morgan fingerprint density at radius 2 is 2.04 bits per heavy atom. The van der Waals surface area contributed by atoms with E-state index in [-0.39, 0.29) is 5.94 Å². The molecule has 0 amide bonds. The third-order valence-electron chi connectivity index (χ3n) is 3.50. The minimum absolute atomic E-state index is 0.0832. The molecule has 1 N–H and O–H groups in total. The molecule has 0 aliphatic rings. The van der Waals surface area contributed by atoms with Gasteiger partial charge in [0.2, 0.25) is 0 Å². The number of nitrogens with zero attached hydrogens (tertiary/aromatic N) is 3. The standard InChI is InChI=1S/C16H14N4O2S/c21-23(10-12-9-17-15-7-3-4-8-20(12)15)11-22-16-18-13-5-1-2-6-14(13)19-16/h1-9H,10-11H2,(H,18,19). The van der Waals surface area contributed by atoms with Gasteiger partial charge in [0, 0.05) is 6.20 Å². The fourth-order valence-electron chi connectivity index (χ4n) is 2.42. The van der Waals surface area contributed by atoms with E-state index in [0.717, 1.165) is 22.4 Å². The van der Waals surface area contributed by atoms with E-state index in [1.54, 1.807) is 6.20 Å². The number of aromatic nitrogens is 4. The van der Waals surface area contributed by atoms with Crippen molar-refractivity contribution in [1.82, 2.24) is 19.4 Å². The maximum Gasteiger partial charge on any atom is 0.295 e. The van der Waals surface area contributed by atoms with Crippen LogP contribution in [0.2, 0.25) is 0 Å². The van der Waals surface area contributed by atoms with Gasteiger partial charge < -0.3 is 14.1 Å². The first-order chi connectivity index (χ1) is 11.3. The fourth-order valence-corrected chi connectivity index (χ4v) is 3.29. The number of hydrogen-bond acceptors (Lipinski definition) is 4. The number of hydrogen-bond donors (Lipinski definition) is 1. The molecule has 0 saturated heterocycles. The number of rotatable bonds is 5. The summed E-state index contributed by atoms with van der Waals surface area (Å²) in [5.41, 5.74) is 3.47. The number of ether oxygens (including phenoxy) is 1. The van der Waals surface area contributed by atoms with E-state index in [9.17, 15) is 4.21 Å². The Balaban J connectivity index is 1.43. The van der Waals surface area contributed by atoms with Crippen molar-refractivity contribution in [2.45, 2.75) is 5.75 Å². The molecule has 23 heavy (non-hydrogen) atoms. The summed E-state index contributed by atoms with van der Waals surface area (Å²) in [5.74, 6) is 0.464. The van der Waals surface area contributed by atoms with Crippen LogP contribution in [-0.4, -0.2) is 29.5 Å². The molecule has 3 aromatic heterocycles. The number of imidazole rings is 2. The van der Waals surface area contributed by atoms with E-state index in [0.29, 0.717) is 11.8 Å². The third-order valence-corrected chi connectivity index (χ3v) is 4.50. The molecule has 3 heterocycles. The highest BCUT2D eigenvalue weighted by atomic mass is 32.2. The average molecular weight is 326 g/mol. The van der Waals surface area contributed by atoms with Gasteiger partial charge in [0.25, 0.3) is 6.01 Å². The second kappa shape index (κ2) is 5.85. The normalized spacial score (nSPS) is 12.7. The Kier molecular flexibility index (Phi) is 3.55. The second-order valence-corrected chi connectivity index (χ2v) is 6.49. The molecule has 0 fully saturated rings. The largest absolute Gasteiger partial charge is 0.451 e. The summed E-state index contributed by atoms with van der Waals surface area (Å²) >= 11 is 0. The molecule has 0 aliphatic heterocycles. The lowest BCUT2D eigenvalue weighted by atomic mass is 10.3. The van der Waals surface area contributed by atoms with Crippen LogP contribution >= 0.6 is 0 Å². The second-order valence-electron chi connectivity index (χ2n) is 5.08. The van der Waals surface area contributed by atoms with Gasteiger partial charge in [-0.15, -0.1) is 0 Å². The molecule has 1 aromatic carbocycles. The molecule has 0 radical (unpaired) electrons. The predicted molar refractivity (Wildman–Crippen MR) is 88.6 cm³/mol. The van der Waals surface area contributed by atoms with Crippen molar-refractivity contribution in [3.63, 3.8) is 0 Å². The van der Waals surface area contributed by atoms with E-state index < -0.39 is 10.8 Å². The zero-order chi connectivity index (χ0) is 15.6. The van der Waals surface area contributed by atoms with Crippen molar-refractivity contribution in [2.75, 3.05) is 5.94 Å². The molecule has 1 atom stereocenters. The lowest BCUT2D eigenvalue weighted by Gasteiger charge is -2.03. The van der Waals surface area contributed by atoms with Crippen LogP contribution in [-0.2, 0) is 16.6 Å². The highest BCUT2D eigenvalue weighted by Crippen LogP contribution is 2.15. The van der Waals surface area contributed by atoms with Crippen LogP contribution in [0.4, 0.5) is 0 Å². The Labute approximate surface area is 134 Å². The van der Waals surface area contributed by atoms with Gasteiger partial charge in [-0.25, -0.2) is 4.98 Å². The molecule has 0 aliphatic carbocycles. The summed E-state index contributed by atoms with van der Waals surface area (Å²) in [6, 6.07) is 13.8. The van der Waals surface area contributed by atoms with Gasteiger partial charge in [0.05, 0.1) is 39.5 Å². The number of benzene rings is 1. The monoisotopic (exact) mass is 326 g/mol. The van der Waals surface area contributed by atoms with Crippen LogP contribution in [0, 0.1) is 0 Å². The van der Waals surface area contributed by atoms with Gasteiger partial charge in [0.1, 0.15) is 5.65 Å². The quantitative estimate of drug-likeness (QED) is 0.611. The summed E-state index contributed by atoms with van der Waals surface area (Å²) in [4.78, 5) is 11.6. The van der Waals surface area contributed by atoms with Crippen LogP contribution < -0.4 is 4.74 Å². The van der Waals surface area contributed by atoms with Gasteiger partial charge in [0.15, 0.2) is 5.94 Å². The Hall–Kier alpha value is -2.67. The van der Waals surface area contributed by atoms with Crippen molar-refractivity contribution >= 4 is 27.5 Å². The molecule has 0 spiro atoms. The van der Waals surface area contributed by atoms with Crippen LogP contribution in [0.15, 0.2) is 54.9 Å². The number of H-pyrrole nitrogens is 1. The van der Waals surface area contributed by atoms with Crippen LogP contribution in [0.5, 0.6) is 6.01 Å². The van der Waals surface area contributed by atoms with Crippen LogP contribution in [0.1, 0.15) is 5.69 Å². The van der Waals surface area contributed by atoms with Crippen molar-refractivity contribution < 1.29 is 8.95 Å². The van der Waals surface area contributed by atoms with Gasteiger partial charge in [-0.3, -0.25) is 4.21 Å². The summed E-state index contributed by atoms with van der Waals surface area (Å²) in [6.45, 7) is 0. The summed E-state index contributed by atoms with van der Waals surface area (Å²) < 4.78 is 19.7. The summed E-state index contributed by atoms with van der Waals surface area (Å²) in [5, 5.41) is 0. The van der Waals surface area contributed by atoms with E-state index in [4.69, 9.17) is 4.74 Å². The third kappa shape index (κ3) is 2.83.